The number of aromatic nitrogens is 2. The van der Waals surface area contributed by atoms with Gasteiger partial charge in [-0.05, 0) is 29.3 Å². The summed E-state index contributed by atoms with van der Waals surface area (Å²) in [6, 6.07) is 0. The molecule has 0 radical (unpaired) electrons. The maximum Gasteiger partial charge on any atom is 0.357 e. The molecular weight excluding hydrogens is 338 g/mol. The van der Waals surface area contributed by atoms with E-state index in [1.54, 1.807) is 11.6 Å². The molecule has 6 nitrogen and oxygen atoms in total. The van der Waals surface area contributed by atoms with Crippen LogP contribution in [0.4, 0.5) is 0 Å². The van der Waals surface area contributed by atoms with Gasteiger partial charge in [-0.15, -0.1) is 0 Å². The summed E-state index contributed by atoms with van der Waals surface area (Å²) in [6.07, 6.45) is 0.775. The van der Waals surface area contributed by atoms with Gasteiger partial charge in [0.25, 0.3) is 0 Å². The molecule has 0 saturated carbocycles. The summed E-state index contributed by atoms with van der Waals surface area (Å²) in [5.74, 6) is -0.321. The molecule has 0 amide bonds. The predicted molar refractivity (Wildman–Crippen MR) is 82.5 cm³/mol. The Morgan fingerprint density at radius 1 is 1.33 bits per heavy atom. The first-order chi connectivity index (χ1) is 10.2. The topological polar surface area (TPSA) is 56.6 Å². The van der Waals surface area contributed by atoms with Crippen LogP contribution in [0.3, 0.4) is 0 Å². The van der Waals surface area contributed by atoms with E-state index in [2.05, 4.69) is 25.9 Å². The molecule has 0 spiro atoms. The van der Waals surface area contributed by atoms with E-state index in [-0.39, 0.29) is 5.97 Å². The van der Waals surface area contributed by atoms with E-state index < -0.39 is 0 Å². The second-order valence-electron chi connectivity index (χ2n) is 4.86. The minimum atomic E-state index is -0.321. The number of ether oxygens (including phenoxy) is 2. The summed E-state index contributed by atoms with van der Waals surface area (Å²) in [6.45, 7) is 9.12. The monoisotopic (exact) mass is 359 g/mol. The molecule has 2 rings (SSSR count). The highest BCUT2D eigenvalue weighted by Gasteiger charge is 2.22. The standard InChI is InChI=1S/C14H22BrN3O3/c1-3-11-12(15)13(14(19)21-4-2)18(16-11)6-5-17-7-9-20-10-8-17/h3-10H2,1-2H3. The zero-order chi connectivity index (χ0) is 15.2. The van der Waals surface area contributed by atoms with Gasteiger partial charge in [0.2, 0.25) is 0 Å². The van der Waals surface area contributed by atoms with E-state index in [1.807, 2.05) is 6.92 Å². The lowest BCUT2D eigenvalue weighted by Crippen LogP contribution is -2.38. The van der Waals surface area contributed by atoms with Gasteiger partial charge in [-0.25, -0.2) is 4.79 Å². The third-order valence-electron chi connectivity index (χ3n) is 3.50. The largest absolute Gasteiger partial charge is 0.461 e. The number of hydrogen-bond acceptors (Lipinski definition) is 5. The van der Waals surface area contributed by atoms with Gasteiger partial charge in [0.15, 0.2) is 5.69 Å². The average Bonchev–Trinajstić information content (AvgIpc) is 2.82. The Kier molecular flexibility index (Phi) is 6.20. The lowest BCUT2D eigenvalue weighted by Gasteiger charge is -2.26. The third-order valence-corrected chi connectivity index (χ3v) is 4.33. The molecule has 0 atom stereocenters. The number of rotatable bonds is 6. The lowest BCUT2D eigenvalue weighted by molar-refractivity contribution is 0.0352. The van der Waals surface area contributed by atoms with Crippen LogP contribution >= 0.6 is 15.9 Å². The van der Waals surface area contributed by atoms with Crippen molar-refractivity contribution < 1.29 is 14.3 Å². The Morgan fingerprint density at radius 3 is 2.67 bits per heavy atom. The summed E-state index contributed by atoms with van der Waals surface area (Å²) in [5.41, 5.74) is 1.40. The van der Waals surface area contributed by atoms with Crippen molar-refractivity contribution in [1.82, 2.24) is 14.7 Å². The van der Waals surface area contributed by atoms with Crippen LogP contribution in [0.1, 0.15) is 30.0 Å². The first-order valence-corrected chi connectivity index (χ1v) is 8.19. The maximum atomic E-state index is 12.1. The van der Waals surface area contributed by atoms with Crippen molar-refractivity contribution in [2.45, 2.75) is 26.8 Å². The summed E-state index contributed by atoms with van der Waals surface area (Å²) < 4.78 is 13.0. The average molecular weight is 360 g/mol. The van der Waals surface area contributed by atoms with Crippen LogP contribution in [0, 0.1) is 0 Å². The lowest BCUT2D eigenvalue weighted by atomic mass is 10.3. The summed E-state index contributed by atoms with van der Waals surface area (Å²) in [5, 5.41) is 4.53. The van der Waals surface area contributed by atoms with Gasteiger partial charge in [0.1, 0.15) is 0 Å². The van der Waals surface area contributed by atoms with E-state index in [1.165, 1.54) is 0 Å². The molecule has 0 aliphatic carbocycles. The van der Waals surface area contributed by atoms with Crippen molar-refractivity contribution >= 4 is 21.9 Å². The molecule has 118 valence electrons. The van der Waals surface area contributed by atoms with Crippen LogP contribution in [-0.4, -0.2) is 60.1 Å². The summed E-state index contributed by atoms with van der Waals surface area (Å²) >= 11 is 3.48. The minimum Gasteiger partial charge on any atom is -0.461 e. The highest BCUT2D eigenvalue weighted by atomic mass is 79.9. The zero-order valence-corrected chi connectivity index (χ0v) is 14.2. The van der Waals surface area contributed by atoms with E-state index in [0.717, 1.165) is 49.4 Å². The Labute approximate surface area is 133 Å². The Balaban J connectivity index is 2.11. The number of carbonyl (C=O) groups excluding carboxylic acids is 1. The van der Waals surface area contributed by atoms with Crippen molar-refractivity contribution in [3.05, 3.63) is 15.9 Å². The van der Waals surface area contributed by atoms with Gasteiger partial charge in [0, 0.05) is 19.6 Å². The van der Waals surface area contributed by atoms with Gasteiger partial charge in [-0.1, -0.05) is 6.92 Å². The fourth-order valence-corrected chi connectivity index (χ4v) is 3.06. The number of hydrogen-bond donors (Lipinski definition) is 0. The van der Waals surface area contributed by atoms with Gasteiger partial charge in [-0.2, -0.15) is 5.10 Å². The molecular formula is C14H22BrN3O3. The van der Waals surface area contributed by atoms with Crippen LogP contribution in [0.2, 0.25) is 0 Å². The fourth-order valence-electron chi connectivity index (χ4n) is 2.33. The Hall–Kier alpha value is -0.920. The van der Waals surface area contributed by atoms with Crippen LogP contribution in [0.15, 0.2) is 4.47 Å². The number of morpholine rings is 1. The Morgan fingerprint density at radius 2 is 2.05 bits per heavy atom. The third kappa shape index (κ3) is 4.05. The Bertz CT molecular complexity index is 484. The molecule has 1 saturated heterocycles. The second kappa shape index (κ2) is 7.91. The number of halogens is 1. The molecule has 1 aliphatic heterocycles. The molecule has 1 aromatic heterocycles. The summed E-state index contributed by atoms with van der Waals surface area (Å²) in [7, 11) is 0. The SMILES string of the molecule is CCOC(=O)c1c(Br)c(CC)nn1CCN1CCOCC1. The second-order valence-corrected chi connectivity index (χ2v) is 5.65. The molecule has 2 heterocycles. The normalized spacial score (nSPS) is 16.1. The smallest absolute Gasteiger partial charge is 0.357 e. The van der Waals surface area contributed by atoms with Crippen LogP contribution < -0.4 is 0 Å². The van der Waals surface area contributed by atoms with Crippen molar-refractivity contribution in [3.8, 4) is 0 Å². The van der Waals surface area contributed by atoms with Crippen LogP contribution in [0.25, 0.3) is 0 Å². The van der Waals surface area contributed by atoms with E-state index in [0.29, 0.717) is 18.8 Å². The zero-order valence-electron chi connectivity index (χ0n) is 12.6. The van der Waals surface area contributed by atoms with E-state index in [9.17, 15) is 4.79 Å². The minimum absolute atomic E-state index is 0.321. The first-order valence-electron chi connectivity index (χ1n) is 7.39. The summed E-state index contributed by atoms with van der Waals surface area (Å²) in [4.78, 5) is 14.4. The quantitative estimate of drug-likeness (QED) is 0.723. The fraction of sp³-hybridized carbons (Fsp3) is 0.714. The molecule has 1 fully saturated rings. The highest BCUT2D eigenvalue weighted by molar-refractivity contribution is 9.10. The molecule has 7 heteroatoms. The van der Waals surface area contributed by atoms with Crippen molar-refractivity contribution in [3.63, 3.8) is 0 Å². The van der Waals surface area contributed by atoms with Crippen molar-refractivity contribution in [1.29, 1.82) is 0 Å². The van der Waals surface area contributed by atoms with Crippen LogP contribution in [-0.2, 0) is 22.4 Å². The van der Waals surface area contributed by atoms with Gasteiger partial charge in [-0.3, -0.25) is 9.58 Å². The molecule has 1 aromatic rings. The number of carbonyl (C=O) groups is 1. The van der Waals surface area contributed by atoms with Gasteiger partial charge < -0.3 is 9.47 Å². The highest BCUT2D eigenvalue weighted by Crippen LogP contribution is 2.23. The molecule has 21 heavy (non-hydrogen) atoms. The van der Waals surface area contributed by atoms with Crippen molar-refractivity contribution in [2.75, 3.05) is 39.5 Å². The number of nitrogens with zero attached hydrogens (tertiary/aromatic N) is 3. The van der Waals surface area contributed by atoms with Crippen molar-refractivity contribution in [2.24, 2.45) is 0 Å². The molecule has 0 unspecified atom stereocenters. The molecule has 0 bridgehead atoms. The van der Waals surface area contributed by atoms with Crippen LogP contribution in [0.5, 0.6) is 0 Å². The molecule has 1 aliphatic rings. The molecule has 0 aromatic carbocycles. The first kappa shape index (κ1) is 16.5. The molecule has 0 N–H and O–H groups in total. The van der Waals surface area contributed by atoms with Gasteiger partial charge in [0.05, 0.1) is 36.5 Å². The van der Waals surface area contributed by atoms with E-state index >= 15 is 0 Å². The predicted octanol–water partition coefficient (Wildman–Crippen LogP) is 1.72. The van der Waals surface area contributed by atoms with Gasteiger partial charge >= 0.3 is 5.97 Å². The maximum absolute atomic E-state index is 12.1. The number of esters is 1. The van der Waals surface area contributed by atoms with E-state index in [4.69, 9.17) is 9.47 Å². The number of aryl methyl sites for hydroxylation is 1.